The fourth-order valence-electron chi connectivity index (χ4n) is 2.94. The topological polar surface area (TPSA) is 77.3 Å². The molecule has 2 atom stereocenters. The van der Waals surface area contributed by atoms with Crippen molar-refractivity contribution in [1.82, 2.24) is 0 Å². The van der Waals surface area contributed by atoms with E-state index >= 15 is 0 Å². The predicted molar refractivity (Wildman–Crippen MR) is 95.0 cm³/mol. The Hall–Kier alpha value is -3.28. The summed E-state index contributed by atoms with van der Waals surface area (Å²) in [4.78, 5) is 34.2. The summed E-state index contributed by atoms with van der Waals surface area (Å²) in [5, 5.41) is 0. The lowest BCUT2D eigenvalue weighted by atomic mass is 9.81. The first-order chi connectivity index (χ1) is 12.4. The van der Waals surface area contributed by atoms with Crippen LogP contribution < -0.4 is 0 Å². The maximum atomic E-state index is 12.6. The van der Waals surface area contributed by atoms with Crippen LogP contribution in [-0.4, -0.2) is 34.8 Å². The molecule has 0 spiro atoms. The zero-order valence-corrected chi connectivity index (χ0v) is 14.3. The van der Waals surface area contributed by atoms with E-state index in [9.17, 15) is 9.59 Å². The third kappa shape index (κ3) is 2.26. The first-order valence-corrected chi connectivity index (χ1v) is 8.19. The molecule has 0 saturated carbocycles. The van der Waals surface area contributed by atoms with Crippen LogP contribution in [0.15, 0.2) is 70.6 Å². The zero-order valence-electron chi connectivity index (χ0n) is 14.3. The quantitative estimate of drug-likeness (QED) is 0.799. The van der Waals surface area contributed by atoms with Crippen molar-refractivity contribution in [1.29, 1.82) is 0 Å². The molecule has 2 aromatic carbocycles. The average molecular weight is 348 g/mol. The molecule has 6 heteroatoms. The summed E-state index contributed by atoms with van der Waals surface area (Å²) in [7, 11) is 0. The molecule has 4 rings (SSSR count). The number of aliphatic imine (C=N–C) groups is 2. The molecule has 2 aromatic rings. The average Bonchev–Trinajstić information content (AvgIpc) is 3.15. The van der Waals surface area contributed by atoms with Crippen LogP contribution in [0.2, 0.25) is 0 Å². The highest BCUT2D eigenvalue weighted by molar-refractivity contribution is 6.14. The van der Waals surface area contributed by atoms with Gasteiger partial charge in [0.25, 0.3) is 0 Å². The highest BCUT2D eigenvalue weighted by Gasteiger charge is 2.63. The second-order valence-corrected chi connectivity index (χ2v) is 6.49. The van der Waals surface area contributed by atoms with Gasteiger partial charge in [0.15, 0.2) is 11.1 Å². The molecule has 6 nitrogen and oxygen atoms in total. The van der Waals surface area contributed by atoms with E-state index in [2.05, 4.69) is 9.98 Å². The van der Waals surface area contributed by atoms with Crippen LogP contribution in [0, 0.1) is 0 Å². The normalized spacial score (nSPS) is 27.6. The summed E-state index contributed by atoms with van der Waals surface area (Å²) < 4.78 is 10.7. The van der Waals surface area contributed by atoms with Gasteiger partial charge in [-0.15, -0.1) is 0 Å². The molecule has 0 saturated heterocycles. The summed E-state index contributed by atoms with van der Waals surface area (Å²) in [5.74, 6) is -0.909. The van der Waals surface area contributed by atoms with E-state index in [0.717, 1.165) is 0 Å². The third-order valence-electron chi connectivity index (χ3n) is 4.81. The highest BCUT2D eigenvalue weighted by Crippen LogP contribution is 2.40. The largest absolute Gasteiger partial charge is 0.405 e. The minimum absolute atomic E-state index is 0.176. The van der Waals surface area contributed by atoms with E-state index in [1.54, 1.807) is 38.1 Å². The van der Waals surface area contributed by atoms with Crippen LogP contribution in [0.25, 0.3) is 0 Å². The van der Waals surface area contributed by atoms with Crippen LogP contribution in [0.1, 0.15) is 25.0 Å². The van der Waals surface area contributed by atoms with Crippen molar-refractivity contribution in [3.8, 4) is 0 Å². The number of carbonyl (C=O) groups excluding carboxylic acids is 2. The van der Waals surface area contributed by atoms with Crippen LogP contribution in [0.5, 0.6) is 0 Å². The van der Waals surface area contributed by atoms with E-state index in [0.29, 0.717) is 11.1 Å². The Morgan fingerprint density at radius 3 is 1.35 bits per heavy atom. The molecule has 0 bridgehead atoms. The summed E-state index contributed by atoms with van der Waals surface area (Å²) in [5.41, 5.74) is -1.70. The predicted octanol–water partition coefficient (Wildman–Crippen LogP) is 2.51. The fraction of sp³-hybridized carbons (Fsp3) is 0.200. The molecule has 130 valence electrons. The van der Waals surface area contributed by atoms with Gasteiger partial charge in [0, 0.05) is 11.1 Å². The van der Waals surface area contributed by atoms with Crippen LogP contribution in [-0.2, 0) is 19.1 Å². The van der Waals surface area contributed by atoms with Crippen molar-refractivity contribution in [2.24, 2.45) is 9.98 Å². The van der Waals surface area contributed by atoms with Crippen LogP contribution in [0.4, 0.5) is 0 Å². The molecule has 0 fully saturated rings. The Balaban J connectivity index is 1.77. The van der Waals surface area contributed by atoms with Gasteiger partial charge in [-0.2, -0.15) is 0 Å². The number of benzene rings is 2. The van der Waals surface area contributed by atoms with Gasteiger partial charge in [-0.1, -0.05) is 36.4 Å². The summed E-state index contributed by atoms with van der Waals surface area (Å²) in [6.45, 7) is 3.09. The third-order valence-corrected chi connectivity index (χ3v) is 4.81. The maximum absolute atomic E-state index is 12.6. The second kappa shape index (κ2) is 5.62. The SMILES string of the molecule is C[C@]1([C@]2(C)N=C(c3ccccc3)OC2=O)N=C(c2ccccc2)OC1=O. The van der Waals surface area contributed by atoms with Crippen molar-refractivity contribution in [3.63, 3.8) is 0 Å². The zero-order chi connectivity index (χ0) is 18.4. The maximum Gasteiger partial charge on any atom is 0.343 e. The number of ether oxygens (including phenoxy) is 2. The van der Waals surface area contributed by atoms with Crippen molar-refractivity contribution in [3.05, 3.63) is 71.8 Å². The summed E-state index contributed by atoms with van der Waals surface area (Å²) >= 11 is 0. The number of nitrogens with zero attached hydrogens (tertiary/aromatic N) is 2. The smallest absolute Gasteiger partial charge is 0.343 e. The lowest BCUT2D eigenvalue weighted by Gasteiger charge is -2.28. The molecule has 2 heterocycles. The lowest BCUT2D eigenvalue weighted by molar-refractivity contribution is -0.149. The second-order valence-electron chi connectivity index (χ2n) is 6.49. The lowest BCUT2D eigenvalue weighted by Crippen LogP contribution is -2.55. The van der Waals surface area contributed by atoms with Crippen molar-refractivity contribution < 1.29 is 19.1 Å². The van der Waals surface area contributed by atoms with Gasteiger partial charge in [0.05, 0.1) is 0 Å². The van der Waals surface area contributed by atoms with E-state index in [1.807, 2.05) is 36.4 Å². The van der Waals surface area contributed by atoms with E-state index < -0.39 is 23.0 Å². The molecule has 0 radical (unpaired) electrons. The monoisotopic (exact) mass is 348 g/mol. The molecule has 0 aliphatic carbocycles. The molecule has 2 aliphatic rings. The van der Waals surface area contributed by atoms with Crippen molar-refractivity contribution in [2.45, 2.75) is 24.9 Å². The van der Waals surface area contributed by atoms with Gasteiger partial charge in [-0.05, 0) is 38.1 Å². The molecule has 0 amide bonds. The molecular weight excluding hydrogens is 332 g/mol. The van der Waals surface area contributed by atoms with Crippen LogP contribution >= 0.6 is 0 Å². The van der Waals surface area contributed by atoms with Crippen LogP contribution in [0.3, 0.4) is 0 Å². The molecule has 2 aliphatic heterocycles. The Morgan fingerprint density at radius 2 is 1.00 bits per heavy atom. The van der Waals surface area contributed by atoms with E-state index in [-0.39, 0.29) is 11.8 Å². The number of hydrogen-bond donors (Lipinski definition) is 0. The Bertz CT molecular complexity index is 873. The molecular formula is C20H16N2O4. The number of rotatable bonds is 3. The Morgan fingerprint density at radius 1 is 0.654 bits per heavy atom. The molecule has 26 heavy (non-hydrogen) atoms. The molecule has 0 aromatic heterocycles. The Kier molecular flexibility index (Phi) is 3.50. The minimum atomic E-state index is -1.51. The fourth-order valence-corrected chi connectivity index (χ4v) is 2.94. The Labute approximate surface area is 150 Å². The number of carbonyl (C=O) groups is 2. The standard InChI is InChI=1S/C20H16N2O4/c1-19(17(23)25-15(21-19)13-9-5-3-6-10-13)20(2)18(24)26-16(22-20)14-11-7-4-8-12-14/h3-12H,1-2H3/t19-,20+. The first-order valence-electron chi connectivity index (χ1n) is 8.19. The van der Waals surface area contributed by atoms with Gasteiger partial charge in [0.2, 0.25) is 11.8 Å². The summed E-state index contributed by atoms with van der Waals surface area (Å²) in [6, 6.07) is 18.1. The van der Waals surface area contributed by atoms with E-state index in [1.165, 1.54) is 0 Å². The molecule has 0 N–H and O–H groups in total. The number of hydrogen-bond acceptors (Lipinski definition) is 6. The van der Waals surface area contributed by atoms with Gasteiger partial charge in [-0.3, -0.25) is 0 Å². The van der Waals surface area contributed by atoms with Gasteiger partial charge < -0.3 is 9.47 Å². The number of esters is 2. The van der Waals surface area contributed by atoms with Crippen molar-refractivity contribution >= 4 is 23.7 Å². The highest BCUT2D eigenvalue weighted by atomic mass is 16.6. The van der Waals surface area contributed by atoms with Crippen molar-refractivity contribution in [2.75, 3.05) is 0 Å². The van der Waals surface area contributed by atoms with Gasteiger partial charge in [0.1, 0.15) is 0 Å². The summed E-state index contributed by atoms with van der Waals surface area (Å²) in [6.07, 6.45) is 0. The minimum Gasteiger partial charge on any atom is -0.405 e. The van der Waals surface area contributed by atoms with Gasteiger partial charge in [-0.25, -0.2) is 19.6 Å². The van der Waals surface area contributed by atoms with Gasteiger partial charge >= 0.3 is 11.9 Å². The number of cyclic esters (lactones) is 2. The first kappa shape index (κ1) is 16.2. The van der Waals surface area contributed by atoms with E-state index in [4.69, 9.17) is 9.47 Å². The molecule has 0 unspecified atom stereocenters.